The maximum atomic E-state index is 10.4. The van der Waals surface area contributed by atoms with Gasteiger partial charge in [-0.3, -0.25) is 4.99 Å². The molecule has 1 atom stereocenters. The Morgan fingerprint density at radius 3 is 2.81 bits per heavy atom. The molecule has 0 saturated carbocycles. The molecular weight excluding hydrogens is 348 g/mol. The molecule has 0 aliphatic heterocycles. The van der Waals surface area contributed by atoms with E-state index in [4.69, 9.17) is 0 Å². The van der Waals surface area contributed by atoms with Crippen LogP contribution in [0.1, 0.15) is 23.8 Å². The molecule has 0 aliphatic rings. The lowest BCUT2D eigenvalue weighted by Gasteiger charge is -2.14. The third kappa shape index (κ3) is 5.03. The number of aliphatic imine (C=N–C) groups is 1. The van der Waals surface area contributed by atoms with Crippen molar-refractivity contribution in [2.75, 3.05) is 20.1 Å². The van der Waals surface area contributed by atoms with Crippen molar-refractivity contribution in [1.82, 2.24) is 25.4 Å². The van der Waals surface area contributed by atoms with Gasteiger partial charge in [-0.1, -0.05) is 18.2 Å². The highest BCUT2D eigenvalue weighted by Crippen LogP contribution is 2.29. The van der Waals surface area contributed by atoms with Gasteiger partial charge in [-0.25, -0.2) is 0 Å². The molecule has 2 aromatic heterocycles. The van der Waals surface area contributed by atoms with Crippen LogP contribution < -0.4 is 10.6 Å². The second-order valence-corrected chi connectivity index (χ2v) is 7.10. The van der Waals surface area contributed by atoms with Gasteiger partial charge in [0.1, 0.15) is 18.8 Å². The minimum Gasteiger partial charge on any atom is -0.386 e. The van der Waals surface area contributed by atoms with Crippen molar-refractivity contribution < 1.29 is 5.11 Å². The minimum atomic E-state index is -0.556. The van der Waals surface area contributed by atoms with Gasteiger partial charge in [0.05, 0.1) is 0 Å². The van der Waals surface area contributed by atoms with Gasteiger partial charge in [-0.2, -0.15) is 0 Å². The molecule has 3 aromatic rings. The van der Waals surface area contributed by atoms with E-state index in [0.717, 1.165) is 30.8 Å². The molecule has 2 heterocycles. The lowest BCUT2D eigenvalue weighted by atomic mass is 10.2. The van der Waals surface area contributed by atoms with E-state index in [0.29, 0.717) is 12.5 Å². The number of guanidine groups is 1. The topological polar surface area (TPSA) is 87.4 Å². The number of benzene rings is 1. The molecule has 0 radical (unpaired) electrons. The maximum Gasteiger partial charge on any atom is 0.191 e. The summed E-state index contributed by atoms with van der Waals surface area (Å²) in [5.74, 6) is 0.703. The molecule has 0 amide bonds. The fourth-order valence-electron chi connectivity index (χ4n) is 2.64. The molecule has 0 spiro atoms. The SMILES string of the molecule is CN=C(NCCCCn1cnnc1)NCC(O)c1cc2ccccc2s1. The summed E-state index contributed by atoms with van der Waals surface area (Å²) in [5, 5.41) is 25.6. The standard InChI is InChI=1S/C18H24N6OS/c1-19-18(20-8-4-5-9-24-12-22-23-13-24)21-11-15(25)17-10-14-6-2-3-7-16(14)26-17/h2-3,6-7,10,12-13,15,25H,4-5,8-9,11H2,1H3,(H2,19,20,21). The van der Waals surface area contributed by atoms with E-state index in [1.165, 1.54) is 10.1 Å². The average Bonchev–Trinajstić information content (AvgIpc) is 3.33. The van der Waals surface area contributed by atoms with Crippen LogP contribution in [0.5, 0.6) is 0 Å². The molecule has 0 fully saturated rings. The number of nitrogens with one attached hydrogen (secondary N) is 2. The highest BCUT2D eigenvalue weighted by molar-refractivity contribution is 7.19. The molecule has 0 aliphatic carbocycles. The number of aliphatic hydroxyl groups is 1. The smallest absolute Gasteiger partial charge is 0.191 e. The van der Waals surface area contributed by atoms with Gasteiger partial charge in [0.2, 0.25) is 0 Å². The Morgan fingerprint density at radius 2 is 2.04 bits per heavy atom. The zero-order valence-electron chi connectivity index (χ0n) is 14.8. The molecular formula is C18H24N6OS. The first-order valence-electron chi connectivity index (χ1n) is 8.70. The average molecular weight is 372 g/mol. The largest absolute Gasteiger partial charge is 0.386 e. The van der Waals surface area contributed by atoms with Crippen LogP contribution in [0.4, 0.5) is 0 Å². The Morgan fingerprint density at radius 1 is 1.23 bits per heavy atom. The molecule has 1 unspecified atom stereocenters. The molecule has 7 nitrogen and oxygen atoms in total. The van der Waals surface area contributed by atoms with E-state index in [2.05, 4.69) is 38.0 Å². The molecule has 26 heavy (non-hydrogen) atoms. The van der Waals surface area contributed by atoms with Crippen LogP contribution in [0.2, 0.25) is 0 Å². The predicted molar refractivity (Wildman–Crippen MR) is 105 cm³/mol. The van der Waals surface area contributed by atoms with Crippen LogP contribution in [-0.4, -0.2) is 46.0 Å². The summed E-state index contributed by atoms with van der Waals surface area (Å²) < 4.78 is 3.16. The van der Waals surface area contributed by atoms with Gasteiger partial charge in [-0.05, 0) is 30.4 Å². The molecule has 8 heteroatoms. The lowest BCUT2D eigenvalue weighted by Crippen LogP contribution is -2.39. The zero-order valence-corrected chi connectivity index (χ0v) is 15.6. The minimum absolute atomic E-state index is 0.424. The highest BCUT2D eigenvalue weighted by atomic mass is 32.1. The van der Waals surface area contributed by atoms with Gasteiger partial charge in [0.25, 0.3) is 0 Å². The number of unbranched alkanes of at least 4 members (excludes halogenated alkanes) is 1. The molecule has 138 valence electrons. The quantitative estimate of drug-likeness (QED) is 0.320. The number of hydrogen-bond acceptors (Lipinski definition) is 5. The summed E-state index contributed by atoms with van der Waals surface area (Å²) in [6, 6.07) is 10.2. The van der Waals surface area contributed by atoms with Gasteiger partial charge in [-0.15, -0.1) is 21.5 Å². The van der Waals surface area contributed by atoms with Crippen molar-refractivity contribution >= 4 is 27.4 Å². The van der Waals surface area contributed by atoms with Crippen molar-refractivity contribution in [2.45, 2.75) is 25.5 Å². The number of thiophene rings is 1. The third-order valence-corrected chi connectivity index (χ3v) is 5.28. The first kappa shape index (κ1) is 18.3. The van der Waals surface area contributed by atoms with Crippen LogP contribution in [0.3, 0.4) is 0 Å². The number of hydrogen-bond donors (Lipinski definition) is 3. The number of rotatable bonds is 8. The predicted octanol–water partition coefficient (Wildman–Crippen LogP) is 2.17. The van der Waals surface area contributed by atoms with Crippen LogP contribution in [0.15, 0.2) is 48.0 Å². The number of fused-ring (bicyclic) bond motifs is 1. The number of aliphatic hydroxyl groups excluding tert-OH is 1. The lowest BCUT2D eigenvalue weighted by molar-refractivity contribution is 0.184. The second-order valence-electron chi connectivity index (χ2n) is 5.99. The van der Waals surface area contributed by atoms with Crippen molar-refractivity contribution in [3.05, 3.63) is 47.9 Å². The van der Waals surface area contributed by atoms with E-state index in [-0.39, 0.29) is 0 Å². The summed E-state index contributed by atoms with van der Waals surface area (Å²) in [5.41, 5.74) is 0. The fourth-order valence-corrected chi connectivity index (χ4v) is 3.70. The number of nitrogens with zero attached hydrogens (tertiary/aromatic N) is 4. The first-order valence-corrected chi connectivity index (χ1v) is 9.51. The summed E-state index contributed by atoms with van der Waals surface area (Å²) in [4.78, 5) is 5.17. The van der Waals surface area contributed by atoms with Crippen molar-refractivity contribution in [1.29, 1.82) is 0 Å². The van der Waals surface area contributed by atoms with E-state index < -0.39 is 6.10 Å². The molecule has 0 saturated heterocycles. The zero-order chi connectivity index (χ0) is 18.2. The van der Waals surface area contributed by atoms with Crippen molar-refractivity contribution in [2.24, 2.45) is 4.99 Å². The van der Waals surface area contributed by atoms with E-state index in [1.807, 2.05) is 22.8 Å². The number of aromatic nitrogens is 3. The van der Waals surface area contributed by atoms with Crippen LogP contribution in [-0.2, 0) is 6.54 Å². The first-order chi connectivity index (χ1) is 12.8. The third-order valence-electron chi connectivity index (χ3n) is 4.06. The monoisotopic (exact) mass is 372 g/mol. The van der Waals surface area contributed by atoms with Crippen molar-refractivity contribution in [3.63, 3.8) is 0 Å². The highest BCUT2D eigenvalue weighted by Gasteiger charge is 2.12. The number of aryl methyl sites for hydroxylation is 1. The van der Waals surface area contributed by atoms with Crippen LogP contribution >= 0.6 is 11.3 Å². The van der Waals surface area contributed by atoms with E-state index in [1.54, 1.807) is 31.0 Å². The van der Waals surface area contributed by atoms with Gasteiger partial charge in [0, 0.05) is 36.3 Å². The van der Waals surface area contributed by atoms with Gasteiger partial charge >= 0.3 is 0 Å². The Bertz CT molecular complexity index is 796. The van der Waals surface area contributed by atoms with Gasteiger partial charge < -0.3 is 20.3 Å². The Balaban J connectivity index is 1.39. The molecule has 0 bridgehead atoms. The second kappa shape index (κ2) is 9.30. The molecule has 1 aromatic carbocycles. The molecule has 3 rings (SSSR count). The summed E-state index contributed by atoms with van der Waals surface area (Å²) in [6.07, 6.45) is 4.94. The Kier molecular flexibility index (Phi) is 6.56. The normalized spacial score (nSPS) is 13.1. The Hall–Kier alpha value is -2.45. The van der Waals surface area contributed by atoms with E-state index in [9.17, 15) is 5.11 Å². The summed E-state index contributed by atoms with van der Waals surface area (Å²) >= 11 is 1.62. The van der Waals surface area contributed by atoms with Crippen molar-refractivity contribution in [3.8, 4) is 0 Å². The fraction of sp³-hybridized carbons (Fsp3) is 0.389. The summed E-state index contributed by atoms with van der Waals surface area (Å²) in [6.45, 7) is 2.15. The van der Waals surface area contributed by atoms with Crippen LogP contribution in [0.25, 0.3) is 10.1 Å². The van der Waals surface area contributed by atoms with E-state index >= 15 is 0 Å². The summed E-state index contributed by atoms with van der Waals surface area (Å²) in [7, 11) is 1.73. The Labute approximate surface area is 156 Å². The van der Waals surface area contributed by atoms with Crippen LogP contribution in [0, 0.1) is 0 Å². The maximum absolute atomic E-state index is 10.4. The van der Waals surface area contributed by atoms with Gasteiger partial charge in [0.15, 0.2) is 5.96 Å². The molecule has 3 N–H and O–H groups in total.